The highest BCUT2D eigenvalue weighted by Crippen LogP contribution is 2.34. The lowest BCUT2D eigenvalue weighted by Gasteiger charge is -2.33. The van der Waals surface area contributed by atoms with Gasteiger partial charge in [0.1, 0.15) is 0 Å². The van der Waals surface area contributed by atoms with Crippen LogP contribution in [-0.4, -0.2) is 42.1 Å². The number of carbonyl (C=O) groups excluding carboxylic acids is 1. The maximum Gasteiger partial charge on any atom is 0.228 e. The first-order valence-electron chi connectivity index (χ1n) is 9.23. The largest absolute Gasteiger partial charge is 0.381 e. The number of fused-ring (bicyclic) bond motifs is 1. The van der Waals surface area contributed by atoms with Crippen LogP contribution in [0.15, 0.2) is 24.4 Å². The molecule has 4 nitrogen and oxygen atoms in total. The quantitative estimate of drug-likeness (QED) is 0.938. The number of H-pyrrole nitrogens is 1. The van der Waals surface area contributed by atoms with Gasteiger partial charge < -0.3 is 14.6 Å². The molecule has 24 heavy (non-hydrogen) atoms. The first kappa shape index (κ1) is 15.7. The van der Waals surface area contributed by atoms with E-state index in [9.17, 15) is 4.79 Å². The summed E-state index contributed by atoms with van der Waals surface area (Å²) in [5, 5.41) is 1.36. The predicted octanol–water partition coefficient (Wildman–Crippen LogP) is 3.47. The van der Waals surface area contributed by atoms with Crippen LogP contribution in [0, 0.1) is 5.92 Å². The Morgan fingerprint density at radius 2 is 2.12 bits per heavy atom. The molecule has 4 rings (SSSR count). The van der Waals surface area contributed by atoms with E-state index in [1.807, 2.05) is 0 Å². The fraction of sp³-hybridized carbons (Fsp3) is 0.550. The number of amides is 1. The Kier molecular flexibility index (Phi) is 4.31. The smallest absolute Gasteiger partial charge is 0.228 e. The van der Waals surface area contributed by atoms with E-state index in [0.717, 1.165) is 45.4 Å². The number of aromatic amines is 1. The molecular weight excluding hydrogens is 300 g/mol. The number of aromatic nitrogens is 1. The Labute approximate surface area is 143 Å². The third-order valence-electron chi connectivity index (χ3n) is 5.74. The number of carbonyl (C=O) groups is 1. The number of nitrogens with zero attached hydrogens (tertiary/aromatic N) is 1. The van der Waals surface area contributed by atoms with Gasteiger partial charge in [0.25, 0.3) is 0 Å². The van der Waals surface area contributed by atoms with Crippen molar-refractivity contribution < 1.29 is 9.53 Å². The van der Waals surface area contributed by atoms with Crippen LogP contribution < -0.4 is 0 Å². The number of para-hydroxylation sites is 1. The van der Waals surface area contributed by atoms with Crippen LogP contribution in [-0.2, 0) is 16.0 Å². The average molecular weight is 326 g/mol. The molecule has 2 aromatic rings. The van der Waals surface area contributed by atoms with E-state index in [1.54, 1.807) is 0 Å². The topological polar surface area (TPSA) is 45.3 Å². The van der Waals surface area contributed by atoms with Crippen molar-refractivity contribution in [3.05, 3.63) is 35.5 Å². The molecule has 2 aliphatic heterocycles. The minimum absolute atomic E-state index is 0.0988. The van der Waals surface area contributed by atoms with Gasteiger partial charge in [-0.25, -0.2) is 0 Å². The molecule has 1 aromatic carbocycles. The minimum Gasteiger partial charge on any atom is -0.381 e. The summed E-state index contributed by atoms with van der Waals surface area (Å²) in [5.41, 5.74) is 4.10. The maximum absolute atomic E-state index is 12.5. The van der Waals surface area contributed by atoms with Gasteiger partial charge in [-0.2, -0.15) is 0 Å². The van der Waals surface area contributed by atoms with Crippen LogP contribution in [0.2, 0.25) is 0 Å². The summed E-state index contributed by atoms with van der Waals surface area (Å²) < 4.78 is 5.37. The normalized spacial score (nSPS) is 22.4. The monoisotopic (exact) mass is 326 g/mol. The van der Waals surface area contributed by atoms with Crippen LogP contribution in [0.3, 0.4) is 0 Å². The number of benzene rings is 1. The van der Waals surface area contributed by atoms with Crippen LogP contribution in [0.4, 0.5) is 0 Å². The Hall–Kier alpha value is -1.81. The fourth-order valence-electron chi connectivity index (χ4n) is 4.27. The molecule has 3 heterocycles. The number of rotatable bonds is 3. The van der Waals surface area contributed by atoms with Gasteiger partial charge in [-0.05, 0) is 42.7 Å². The molecule has 2 fully saturated rings. The lowest BCUT2D eigenvalue weighted by Crippen LogP contribution is -2.41. The highest BCUT2D eigenvalue weighted by atomic mass is 16.5. The molecule has 0 bridgehead atoms. The van der Waals surface area contributed by atoms with E-state index in [2.05, 4.69) is 41.2 Å². The van der Waals surface area contributed by atoms with E-state index < -0.39 is 0 Å². The molecule has 0 saturated carbocycles. The van der Waals surface area contributed by atoms with Crippen molar-refractivity contribution in [3.63, 3.8) is 0 Å². The Balaban J connectivity index is 1.47. The Morgan fingerprint density at radius 3 is 2.83 bits per heavy atom. The van der Waals surface area contributed by atoms with Crippen LogP contribution in [0.25, 0.3) is 10.9 Å². The second-order valence-electron chi connectivity index (χ2n) is 7.10. The van der Waals surface area contributed by atoms with E-state index in [0.29, 0.717) is 18.4 Å². The minimum atomic E-state index is 0.0988. The van der Waals surface area contributed by atoms with E-state index in [1.165, 1.54) is 22.0 Å². The number of aryl methyl sites for hydroxylation is 1. The first-order valence-corrected chi connectivity index (χ1v) is 9.23. The molecule has 0 aliphatic carbocycles. The molecule has 1 atom stereocenters. The van der Waals surface area contributed by atoms with Gasteiger partial charge in [0.05, 0.1) is 12.5 Å². The first-order chi connectivity index (χ1) is 11.8. The van der Waals surface area contributed by atoms with E-state index in [-0.39, 0.29) is 5.92 Å². The van der Waals surface area contributed by atoms with Gasteiger partial charge in [-0.3, -0.25) is 4.79 Å². The SMILES string of the molecule is CCc1cccc2c(C3CCN(C(=O)[C@@H]4CCOC4)CC3)c[nH]c12. The zero-order valence-electron chi connectivity index (χ0n) is 14.4. The fourth-order valence-corrected chi connectivity index (χ4v) is 4.27. The molecule has 1 aromatic heterocycles. The van der Waals surface area contributed by atoms with E-state index >= 15 is 0 Å². The van der Waals surface area contributed by atoms with Crippen molar-refractivity contribution in [1.29, 1.82) is 0 Å². The third kappa shape index (κ3) is 2.73. The lowest BCUT2D eigenvalue weighted by atomic mass is 9.88. The van der Waals surface area contributed by atoms with Gasteiger partial charge in [-0.1, -0.05) is 25.1 Å². The molecule has 1 N–H and O–H groups in total. The number of ether oxygens (including phenoxy) is 1. The summed E-state index contributed by atoms with van der Waals surface area (Å²) in [5.74, 6) is 0.953. The van der Waals surface area contributed by atoms with E-state index in [4.69, 9.17) is 4.74 Å². The summed E-state index contributed by atoms with van der Waals surface area (Å²) >= 11 is 0. The van der Waals surface area contributed by atoms with Gasteiger partial charge in [-0.15, -0.1) is 0 Å². The summed E-state index contributed by atoms with van der Waals surface area (Å²) in [6.45, 7) is 5.30. The number of likely N-dealkylation sites (tertiary alicyclic amines) is 1. The Morgan fingerprint density at radius 1 is 1.29 bits per heavy atom. The summed E-state index contributed by atoms with van der Waals surface area (Å²) in [6.07, 6.45) is 6.25. The molecule has 0 spiro atoms. The van der Waals surface area contributed by atoms with Crippen molar-refractivity contribution in [2.45, 2.75) is 38.5 Å². The number of hydrogen-bond acceptors (Lipinski definition) is 2. The van der Waals surface area contributed by atoms with Crippen molar-refractivity contribution in [1.82, 2.24) is 9.88 Å². The summed E-state index contributed by atoms with van der Waals surface area (Å²) in [6, 6.07) is 6.60. The van der Waals surface area contributed by atoms with Crippen molar-refractivity contribution in [2.24, 2.45) is 5.92 Å². The standard InChI is InChI=1S/C20H26N2O2/c1-2-14-4-3-5-17-18(12-21-19(14)17)15-6-9-22(10-7-15)20(23)16-8-11-24-13-16/h3-5,12,15-16,21H,2,6-11,13H2,1H3/t16-/m1/s1. The molecule has 0 unspecified atom stereocenters. The van der Waals surface area contributed by atoms with Crippen LogP contribution in [0.5, 0.6) is 0 Å². The lowest BCUT2D eigenvalue weighted by molar-refractivity contribution is -0.136. The second kappa shape index (κ2) is 6.60. The molecule has 1 amide bonds. The number of piperidine rings is 1. The second-order valence-corrected chi connectivity index (χ2v) is 7.10. The molecular formula is C20H26N2O2. The summed E-state index contributed by atoms with van der Waals surface area (Å²) in [7, 11) is 0. The van der Waals surface area contributed by atoms with Crippen molar-refractivity contribution >= 4 is 16.8 Å². The maximum atomic E-state index is 12.5. The molecule has 2 aliphatic rings. The highest BCUT2D eigenvalue weighted by Gasteiger charge is 2.31. The zero-order chi connectivity index (χ0) is 16.5. The molecule has 128 valence electrons. The van der Waals surface area contributed by atoms with Crippen molar-refractivity contribution in [2.75, 3.05) is 26.3 Å². The average Bonchev–Trinajstić information content (AvgIpc) is 3.30. The highest BCUT2D eigenvalue weighted by molar-refractivity contribution is 5.86. The zero-order valence-corrected chi connectivity index (χ0v) is 14.4. The van der Waals surface area contributed by atoms with Gasteiger partial charge in [0.2, 0.25) is 5.91 Å². The van der Waals surface area contributed by atoms with Crippen LogP contribution in [0.1, 0.15) is 43.2 Å². The third-order valence-corrected chi connectivity index (χ3v) is 5.74. The molecule has 4 heteroatoms. The molecule has 0 radical (unpaired) electrons. The molecule has 2 saturated heterocycles. The number of nitrogens with one attached hydrogen (secondary N) is 1. The van der Waals surface area contributed by atoms with Gasteiger partial charge in [0.15, 0.2) is 0 Å². The number of hydrogen-bond donors (Lipinski definition) is 1. The van der Waals surface area contributed by atoms with Gasteiger partial charge >= 0.3 is 0 Å². The Bertz CT molecular complexity index is 722. The van der Waals surface area contributed by atoms with Crippen LogP contribution >= 0.6 is 0 Å². The van der Waals surface area contributed by atoms with Gasteiger partial charge in [0, 0.05) is 36.8 Å². The summed E-state index contributed by atoms with van der Waals surface area (Å²) in [4.78, 5) is 18.1. The predicted molar refractivity (Wildman–Crippen MR) is 95.2 cm³/mol. The van der Waals surface area contributed by atoms with Crippen molar-refractivity contribution in [3.8, 4) is 0 Å².